The van der Waals surface area contributed by atoms with Crippen molar-refractivity contribution in [3.63, 3.8) is 0 Å². The Balaban J connectivity index is 2.20. The monoisotopic (exact) mass is 318 g/mol. The Morgan fingerprint density at radius 3 is 2.74 bits per heavy atom. The van der Waals surface area contributed by atoms with E-state index in [1.54, 1.807) is 18.3 Å². The van der Waals surface area contributed by atoms with Gasteiger partial charge in [-0.3, -0.25) is 4.79 Å². The van der Waals surface area contributed by atoms with E-state index in [0.29, 0.717) is 16.1 Å². The highest BCUT2D eigenvalue weighted by Crippen LogP contribution is 2.20. The van der Waals surface area contributed by atoms with Gasteiger partial charge in [0.15, 0.2) is 0 Å². The average molecular weight is 319 g/mol. The van der Waals surface area contributed by atoms with Gasteiger partial charge in [-0.15, -0.1) is 0 Å². The van der Waals surface area contributed by atoms with Crippen LogP contribution < -0.4 is 5.32 Å². The highest BCUT2D eigenvalue weighted by molar-refractivity contribution is 9.10. The molecule has 4 heteroatoms. The summed E-state index contributed by atoms with van der Waals surface area (Å²) in [4.78, 5) is 16.2. The number of carbonyl (C=O) groups is 1. The third-order valence-electron chi connectivity index (χ3n) is 2.78. The maximum atomic E-state index is 12.1. The molecule has 0 bridgehead atoms. The van der Waals surface area contributed by atoms with Crippen molar-refractivity contribution < 1.29 is 4.79 Å². The van der Waals surface area contributed by atoms with Crippen molar-refractivity contribution in [2.75, 3.05) is 5.32 Å². The Labute approximate surface area is 121 Å². The molecule has 19 heavy (non-hydrogen) atoms. The van der Waals surface area contributed by atoms with Crippen molar-refractivity contribution in [1.29, 1.82) is 0 Å². The zero-order valence-electron chi connectivity index (χ0n) is 10.9. The SMILES string of the molecule is CC(C)c1cccc(NC(=O)c2ncccc2Br)c1. The van der Waals surface area contributed by atoms with Crippen molar-refractivity contribution >= 4 is 27.5 Å². The van der Waals surface area contributed by atoms with E-state index in [9.17, 15) is 4.79 Å². The molecular formula is C15H15BrN2O. The molecule has 0 aliphatic heterocycles. The number of nitrogens with zero attached hydrogens (tertiary/aromatic N) is 1. The molecule has 2 aromatic rings. The van der Waals surface area contributed by atoms with Gasteiger partial charge in [-0.25, -0.2) is 4.98 Å². The van der Waals surface area contributed by atoms with Crippen LogP contribution in [0.1, 0.15) is 35.8 Å². The molecule has 2 rings (SSSR count). The number of amides is 1. The second kappa shape index (κ2) is 5.97. The first kappa shape index (κ1) is 13.7. The average Bonchev–Trinajstić information content (AvgIpc) is 2.39. The number of nitrogens with one attached hydrogen (secondary N) is 1. The molecule has 98 valence electrons. The van der Waals surface area contributed by atoms with Crippen LogP contribution in [0.2, 0.25) is 0 Å². The topological polar surface area (TPSA) is 42.0 Å². The Bertz CT molecular complexity index is 596. The van der Waals surface area contributed by atoms with Crippen LogP contribution in [0, 0.1) is 0 Å². The molecule has 0 spiro atoms. The summed E-state index contributed by atoms with van der Waals surface area (Å²) in [6.07, 6.45) is 1.60. The van der Waals surface area contributed by atoms with E-state index < -0.39 is 0 Å². The van der Waals surface area contributed by atoms with Crippen LogP contribution in [-0.4, -0.2) is 10.9 Å². The molecule has 0 aliphatic carbocycles. The predicted octanol–water partition coefficient (Wildman–Crippen LogP) is 4.22. The van der Waals surface area contributed by atoms with Gasteiger partial charge in [-0.1, -0.05) is 26.0 Å². The van der Waals surface area contributed by atoms with Gasteiger partial charge in [0.2, 0.25) is 0 Å². The molecule has 0 unspecified atom stereocenters. The number of pyridine rings is 1. The van der Waals surface area contributed by atoms with Crippen molar-refractivity contribution in [2.24, 2.45) is 0 Å². The fourth-order valence-corrected chi connectivity index (χ4v) is 2.15. The van der Waals surface area contributed by atoms with E-state index in [4.69, 9.17) is 0 Å². The number of carbonyl (C=O) groups excluding carboxylic acids is 1. The molecule has 0 radical (unpaired) electrons. The van der Waals surface area contributed by atoms with Gasteiger partial charge in [0.1, 0.15) is 5.69 Å². The number of hydrogen-bond donors (Lipinski definition) is 1. The normalized spacial score (nSPS) is 10.5. The van der Waals surface area contributed by atoms with Gasteiger partial charge >= 0.3 is 0 Å². The summed E-state index contributed by atoms with van der Waals surface area (Å²) in [5, 5.41) is 2.86. The number of hydrogen-bond acceptors (Lipinski definition) is 2. The molecule has 0 fully saturated rings. The van der Waals surface area contributed by atoms with Crippen molar-refractivity contribution in [2.45, 2.75) is 19.8 Å². The second-order valence-electron chi connectivity index (χ2n) is 4.57. The summed E-state index contributed by atoms with van der Waals surface area (Å²) < 4.78 is 0.688. The van der Waals surface area contributed by atoms with Crippen LogP contribution in [0.25, 0.3) is 0 Å². The van der Waals surface area contributed by atoms with Gasteiger partial charge in [-0.05, 0) is 51.7 Å². The Kier molecular flexibility index (Phi) is 4.32. The number of aromatic nitrogens is 1. The van der Waals surface area contributed by atoms with E-state index >= 15 is 0 Å². The van der Waals surface area contributed by atoms with E-state index in [2.05, 4.69) is 46.1 Å². The second-order valence-corrected chi connectivity index (χ2v) is 5.42. The van der Waals surface area contributed by atoms with E-state index in [0.717, 1.165) is 5.69 Å². The molecule has 1 N–H and O–H groups in total. The lowest BCUT2D eigenvalue weighted by Crippen LogP contribution is -2.14. The summed E-state index contributed by atoms with van der Waals surface area (Å²) in [7, 11) is 0. The lowest BCUT2D eigenvalue weighted by molar-refractivity contribution is 0.102. The van der Waals surface area contributed by atoms with Crippen LogP contribution in [0.4, 0.5) is 5.69 Å². The summed E-state index contributed by atoms with van der Waals surface area (Å²) >= 11 is 3.32. The maximum absolute atomic E-state index is 12.1. The first-order valence-corrected chi connectivity index (χ1v) is 6.89. The van der Waals surface area contributed by atoms with Gasteiger partial charge < -0.3 is 5.32 Å². The molecule has 0 saturated heterocycles. The Morgan fingerprint density at radius 1 is 1.26 bits per heavy atom. The van der Waals surface area contributed by atoms with Crippen molar-refractivity contribution in [1.82, 2.24) is 4.98 Å². The van der Waals surface area contributed by atoms with E-state index in [-0.39, 0.29) is 5.91 Å². The minimum absolute atomic E-state index is 0.214. The summed E-state index contributed by atoms with van der Waals surface area (Å²) in [6, 6.07) is 11.4. The fraction of sp³-hybridized carbons (Fsp3) is 0.200. The molecule has 1 heterocycles. The summed E-state index contributed by atoms with van der Waals surface area (Å²) in [5.41, 5.74) is 2.36. The summed E-state index contributed by atoms with van der Waals surface area (Å²) in [6.45, 7) is 4.24. The van der Waals surface area contributed by atoms with Crippen LogP contribution >= 0.6 is 15.9 Å². The molecule has 0 aliphatic rings. The molecular weight excluding hydrogens is 304 g/mol. The van der Waals surface area contributed by atoms with Gasteiger partial charge in [0.05, 0.1) is 0 Å². The Morgan fingerprint density at radius 2 is 2.05 bits per heavy atom. The fourth-order valence-electron chi connectivity index (χ4n) is 1.72. The molecule has 1 aromatic carbocycles. The molecule has 1 aromatic heterocycles. The van der Waals surface area contributed by atoms with Gasteiger partial charge in [-0.2, -0.15) is 0 Å². The third-order valence-corrected chi connectivity index (χ3v) is 3.42. The highest BCUT2D eigenvalue weighted by Gasteiger charge is 2.11. The lowest BCUT2D eigenvalue weighted by Gasteiger charge is -2.09. The Hall–Kier alpha value is -1.68. The van der Waals surface area contributed by atoms with Crippen molar-refractivity contribution in [3.8, 4) is 0 Å². The number of benzene rings is 1. The number of anilines is 1. The van der Waals surface area contributed by atoms with Crippen LogP contribution in [0.3, 0.4) is 0 Å². The minimum atomic E-state index is -0.214. The van der Waals surface area contributed by atoms with E-state index in [1.807, 2.05) is 18.2 Å². The van der Waals surface area contributed by atoms with Crippen molar-refractivity contribution in [3.05, 3.63) is 58.3 Å². The van der Waals surface area contributed by atoms with E-state index in [1.165, 1.54) is 5.56 Å². The molecule has 0 saturated carbocycles. The first-order chi connectivity index (χ1) is 9.08. The summed E-state index contributed by atoms with van der Waals surface area (Å²) in [5.74, 6) is 0.215. The third kappa shape index (κ3) is 3.41. The van der Waals surface area contributed by atoms with Crippen LogP contribution in [0.5, 0.6) is 0 Å². The largest absolute Gasteiger partial charge is 0.321 e. The number of halogens is 1. The quantitative estimate of drug-likeness (QED) is 0.920. The predicted molar refractivity (Wildman–Crippen MR) is 80.4 cm³/mol. The zero-order valence-corrected chi connectivity index (χ0v) is 12.4. The molecule has 3 nitrogen and oxygen atoms in total. The molecule has 1 amide bonds. The first-order valence-electron chi connectivity index (χ1n) is 6.09. The maximum Gasteiger partial charge on any atom is 0.275 e. The smallest absolute Gasteiger partial charge is 0.275 e. The standard InChI is InChI=1S/C15H15BrN2O/c1-10(2)11-5-3-6-12(9-11)18-15(19)14-13(16)7-4-8-17-14/h3-10H,1-2H3,(H,18,19). The number of rotatable bonds is 3. The minimum Gasteiger partial charge on any atom is -0.321 e. The van der Waals surface area contributed by atoms with Gasteiger partial charge in [0, 0.05) is 16.4 Å². The van der Waals surface area contributed by atoms with Gasteiger partial charge in [0.25, 0.3) is 5.91 Å². The zero-order chi connectivity index (χ0) is 13.8. The molecule has 0 atom stereocenters. The van der Waals surface area contributed by atoms with Crippen LogP contribution in [-0.2, 0) is 0 Å². The van der Waals surface area contributed by atoms with Crippen LogP contribution in [0.15, 0.2) is 47.1 Å². The highest BCUT2D eigenvalue weighted by atomic mass is 79.9. The lowest BCUT2D eigenvalue weighted by atomic mass is 10.0.